The Morgan fingerprint density at radius 2 is 2.14 bits per heavy atom. The van der Waals surface area contributed by atoms with Gasteiger partial charge in [0, 0.05) is 31.6 Å². The lowest BCUT2D eigenvalue weighted by Gasteiger charge is -2.38. The number of morpholine rings is 1. The number of hydrogen-bond acceptors (Lipinski definition) is 6. The first kappa shape index (κ1) is 16.3. The minimum absolute atomic E-state index is 0.0191. The van der Waals surface area contributed by atoms with Gasteiger partial charge in [-0.3, -0.25) is 4.90 Å². The van der Waals surface area contributed by atoms with Crippen LogP contribution < -0.4 is 0 Å². The van der Waals surface area contributed by atoms with Crippen molar-refractivity contribution in [3.8, 4) is 0 Å². The molecule has 2 aliphatic rings. The van der Waals surface area contributed by atoms with E-state index in [4.69, 9.17) is 4.74 Å². The standard InChI is InChI=1S/C14H23N3O3S2/c1-11-15-12(10-21-11)9-16-5-3-13-14(4-6-16)20-8-7-17(13)22(2,18)19/h10,13-14H,3-9H2,1-2H3. The normalized spacial score (nSPS) is 28.3. The molecule has 0 amide bonds. The maximum Gasteiger partial charge on any atom is 0.211 e. The molecule has 0 aliphatic carbocycles. The lowest BCUT2D eigenvalue weighted by Crippen LogP contribution is -2.53. The Morgan fingerprint density at radius 3 is 2.82 bits per heavy atom. The predicted molar refractivity (Wildman–Crippen MR) is 86.4 cm³/mol. The Kier molecular flexibility index (Phi) is 4.84. The van der Waals surface area contributed by atoms with Crippen molar-refractivity contribution >= 4 is 21.4 Å². The van der Waals surface area contributed by atoms with Crippen molar-refractivity contribution in [1.29, 1.82) is 0 Å². The van der Waals surface area contributed by atoms with Gasteiger partial charge in [0.15, 0.2) is 0 Å². The zero-order chi connectivity index (χ0) is 15.7. The molecular weight excluding hydrogens is 322 g/mol. The lowest BCUT2D eigenvalue weighted by molar-refractivity contribution is -0.0407. The Bertz CT molecular complexity index is 617. The van der Waals surface area contributed by atoms with E-state index in [-0.39, 0.29) is 12.1 Å². The van der Waals surface area contributed by atoms with Crippen LogP contribution in [0.1, 0.15) is 23.5 Å². The number of nitrogens with zero attached hydrogens (tertiary/aromatic N) is 3. The second-order valence-electron chi connectivity index (χ2n) is 6.06. The molecule has 0 N–H and O–H groups in total. The smallest absolute Gasteiger partial charge is 0.211 e. The number of rotatable bonds is 3. The molecule has 22 heavy (non-hydrogen) atoms. The molecule has 1 aromatic rings. The van der Waals surface area contributed by atoms with Crippen LogP contribution in [0.4, 0.5) is 0 Å². The highest BCUT2D eigenvalue weighted by atomic mass is 32.2. The highest BCUT2D eigenvalue weighted by Crippen LogP contribution is 2.26. The second-order valence-corrected chi connectivity index (χ2v) is 9.06. The Labute approximate surface area is 136 Å². The van der Waals surface area contributed by atoms with Crippen LogP contribution in [-0.2, 0) is 21.3 Å². The van der Waals surface area contributed by atoms with Gasteiger partial charge < -0.3 is 4.74 Å². The molecular formula is C14H23N3O3S2. The van der Waals surface area contributed by atoms with E-state index in [1.54, 1.807) is 15.6 Å². The van der Waals surface area contributed by atoms with Crippen LogP contribution in [0.3, 0.4) is 0 Å². The summed E-state index contributed by atoms with van der Waals surface area (Å²) < 4.78 is 31.4. The van der Waals surface area contributed by atoms with Crippen molar-refractivity contribution in [2.75, 3.05) is 32.5 Å². The van der Waals surface area contributed by atoms with E-state index >= 15 is 0 Å². The SMILES string of the molecule is Cc1nc(CN2CCC3OCCN(S(C)(=O)=O)C3CC2)cs1. The average molecular weight is 345 g/mol. The van der Waals surface area contributed by atoms with E-state index < -0.39 is 10.0 Å². The van der Waals surface area contributed by atoms with Gasteiger partial charge in [-0.1, -0.05) is 0 Å². The number of aryl methyl sites for hydroxylation is 1. The average Bonchev–Trinajstić information content (AvgIpc) is 2.74. The van der Waals surface area contributed by atoms with Gasteiger partial charge in [-0.2, -0.15) is 4.31 Å². The fraction of sp³-hybridized carbons (Fsp3) is 0.786. The van der Waals surface area contributed by atoms with Crippen molar-refractivity contribution in [3.63, 3.8) is 0 Å². The summed E-state index contributed by atoms with van der Waals surface area (Å²) in [6, 6.07) is -0.0223. The Morgan fingerprint density at radius 1 is 1.36 bits per heavy atom. The van der Waals surface area contributed by atoms with E-state index in [9.17, 15) is 8.42 Å². The van der Waals surface area contributed by atoms with E-state index in [2.05, 4.69) is 15.3 Å². The van der Waals surface area contributed by atoms with Crippen LogP contribution in [0, 0.1) is 6.92 Å². The van der Waals surface area contributed by atoms with Gasteiger partial charge in [-0.25, -0.2) is 13.4 Å². The number of fused-ring (bicyclic) bond motifs is 1. The van der Waals surface area contributed by atoms with Crippen LogP contribution in [0.15, 0.2) is 5.38 Å². The van der Waals surface area contributed by atoms with Crippen LogP contribution in [0.25, 0.3) is 0 Å². The molecule has 2 saturated heterocycles. The Hall–Kier alpha value is -0.540. The first-order chi connectivity index (χ1) is 10.4. The number of thiazole rings is 1. The van der Waals surface area contributed by atoms with E-state index in [1.165, 1.54) is 6.26 Å². The molecule has 0 bridgehead atoms. The summed E-state index contributed by atoms with van der Waals surface area (Å²) in [5, 5.41) is 3.19. The molecule has 124 valence electrons. The maximum atomic E-state index is 12.0. The van der Waals surface area contributed by atoms with Gasteiger partial charge in [-0.15, -0.1) is 11.3 Å². The minimum Gasteiger partial charge on any atom is -0.375 e. The van der Waals surface area contributed by atoms with Crippen molar-refractivity contribution in [2.45, 2.75) is 38.5 Å². The third-order valence-electron chi connectivity index (χ3n) is 4.39. The third kappa shape index (κ3) is 3.68. The molecule has 8 heteroatoms. The van der Waals surface area contributed by atoms with E-state index in [1.807, 2.05) is 6.92 Å². The van der Waals surface area contributed by atoms with Crippen LogP contribution in [0.2, 0.25) is 0 Å². The van der Waals surface area contributed by atoms with Gasteiger partial charge in [0.05, 0.1) is 35.7 Å². The first-order valence-electron chi connectivity index (χ1n) is 7.65. The molecule has 6 nitrogen and oxygen atoms in total. The zero-order valence-corrected chi connectivity index (χ0v) is 14.7. The molecule has 0 saturated carbocycles. The minimum atomic E-state index is -3.16. The second kappa shape index (κ2) is 6.52. The fourth-order valence-corrected chi connectivity index (χ4v) is 5.12. The summed E-state index contributed by atoms with van der Waals surface area (Å²) in [7, 11) is -3.16. The molecule has 2 atom stereocenters. The van der Waals surface area contributed by atoms with Gasteiger partial charge in [0.2, 0.25) is 10.0 Å². The summed E-state index contributed by atoms with van der Waals surface area (Å²) in [4.78, 5) is 6.88. The van der Waals surface area contributed by atoms with Gasteiger partial charge >= 0.3 is 0 Å². The number of likely N-dealkylation sites (tertiary alicyclic amines) is 1. The van der Waals surface area contributed by atoms with Crippen molar-refractivity contribution in [3.05, 3.63) is 16.1 Å². The topological polar surface area (TPSA) is 62.7 Å². The first-order valence-corrected chi connectivity index (χ1v) is 10.4. The molecule has 1 aromatic heterocycles. The van der Waals surface area contributed by atoms with Crippen LogP contribution >= 0.6 is 11.3 Å². The quantitative estimate of drug-likeness (QED) is 0.820. The largest absolute Gasteiger partial charge is 0.375 e. The predicted octanol–water partition coefficient (Wildman–Crippen LogP) is 1.08. The molecule has 0 radical (unpaired) electrons. The highest BCUT2D eigenvalue weighted by Gasteiger charge is 2.38. The Balaban J connectivity index is 1.68. The maximum absolute atomic E-state index is 12.0. The number of sulfonamides is 1. The monoisotopic (exact) mass is 345 g/mol. The summed E-state index contributed by atoms with van der Waals surface area (Å²) in [5.74, 6) is 0. The van der Waals surface area contributed by atoms with Gasteiger partial charge in [0.1, 0.15) is 0 Å². The summed E-state index contributed by atoms with van der Waals surface area (Å²) in [6.45, 7) is 5.64. The van der Waals surface area contributed by atoms with Crippen LogP contribution in [0.5, 0.6) is 0 Å². The van der Waals surface area contributed by atoms with Gasteiger partial charge in [0.25, 0.3) is 0 Å². The molecule has 2 aliphatic heterocycles. The van der Waals surface area contributed by atoms with Crippen molar-refractivity contribution < 1.29 is 13.2 Å². The summed E-state index contributed by atoms with van der Waals surface area (Å²) >= 11 is 1.67. The van der Waals surface area contributed by atoms with E-state index in [0.717, 1.165) is 43.2 Å². The summed E-state index contributed by atoms with van der Waals surface area (Å²) in [5.41, 5.74) is 1.10. The van der Waals surface area contributed by atoms with Crippen molar-refractivity contribution in [1.82, 2.24) is 14.2 Å². The zero-order valence-electron chi connectivity index (χ0n) is 13.1. The third-order valence-corrected chi connectivity index (χ3v) is 6.52. The van der Waals surface area contributed by atoms with Crippen LogP contribution in [-0.4, -0.2) is 67.2 Å². The molecule has 2 unspecified atom stereocenters. The summed E-state index contributed by atoms with van der Waals surface area (Å²) in [6.07, 6.45) is 3.02. The molecule has 2 fully saturated rings. The highest BCUT2D eigenvalue weighted by molar-refractivity contribution is 7.88. The number of aromatic nitrogens is 1. The lowest BCUT2D eigenvalue weighted by atomic mass is 10.0. The fourth-order valence-electron chi connectivity index (χ4n) is 3.38. The molecule has 0 spiro atoms. The molecule has 3 heterocycles. The van der Waals surface area contributed by atoms with E-state index in [0.29, 0.717) is 13.2 Å². The number of hydrogen-bond donors (Lipinski definition) is 0. The molecule has 3 rings (SSSR count). The van der Waals surface area contributed by atoms with Crippen molar-refractivity contribution in [2.24, 2.45) is 0 Å². The molecule has 0 aromatic carbocycles. The number of ether oxygens (including phenoxy) is 1. The van der Waals surface area contributed by atoms with Gasteiger partial charge in [-0.05, 0) is 19.8 Å².